The van der Waals surface area contributed by atoms with E-state index in [0.717, 1.165) is 25.0 Å². The Bertz CT molecular complexity index is 375. The molecule has 2 N–H and O–H groups in total. The lowest BCUT2D eigenvalue weighted by molar-refractivity contribution is 0.0379. The van der Waals surface area contributed by atoms with Gasteiger partial charge in [-0.15, -0.1) is 0 Å². The molecule has 1 fully saturated rings. The van der Waals surface area contributed by atoms with Gasteiger partial charge in [0.2, 0.25) is 0 Å². The standard InChI is InChI=1S/C12H15F2NO/c13-10-2-3-11(14)9(6-10)7-12(15)4-1-5-16-8-12/h2-3,6H,1,4-5,7-8,15H2. The van der Waals surface area contributed by atoms with Gasteiger partial charge in [-0.2, -0.15) is 0 Å². The van der Waals surface area contributed by atoms with E-state index < -0.39 is 17.2 Å². The molecule has 1 aromatic carbocycles. The zero-order valence-corrected chi connectivity index (χ0v) is 9.01. The van der Waals surface area contributed by atoms with E-state index >= 15 is 0 Å². The van der Waals surface area contributed by atoms with Crippen LogP contribution in [0.2, 0.25) is 0 Å². The third-order valence-electron chi connectivity index (χ3n) is 2.90. The van der Waals surface area contributed by atoms with Crippen molar-refractivity contribution in [1.29, 1.82) is 0 Å². The Morgan fingerprint density at radius 2 is 2.19 bits per heavy atom. The number of nitrogens with two attached hydrogens (primary N) is 1. The Morgan fingerprint density at radius 3 is 2.88 bits per heavy atom. The molecule has 0 bridgehead atoms. The van der Waals surface area contributed by atoms with Gasteiger partial charge in [-0.25, -0.2) is 8.78 Å². The van der Waals surface area contributed by atoms with Crippen LogP contribution in [0.25, 0.3) is 0 Å². The fraction of sp³-hybridized carbons (Fsp3) is 0.500. The first kappa shape index (κ1) is 11.5. The maximum absolute atomic E-state index is 13.4. The van der Waals surface area contributed by atoms with Crippen molar-refractivity contribution in [2.24, 2.45) is 5.73 Å². The van der Waals surface area contributed by atoms with Gasteiger partial charge in [-0.05, 0) is 43.0 Å². The second-order valence-electron chi connectivity index (χ2n) is 4.43. The van der Waals surface area contributed by atoms with Gasteiger partial charge in [0.25, 0.3) is 0 Å². The molecule has 0 amide bonds. The lowest BCUT2D eigenvalue weighted by atomic mass is 9.86. The summed E-state index contributed by atoms with van der Waals surface area (Å²) in [6.45, 7) is 1.10. The van der Waals surface area contributed by atoms with Crippen molar-refractivity contribution in [3.63, 3.8) is 0 Å². The Balaban J connectivity index is 2.15. The largest absolute Gasteiger partial charge is 0.380 e. The monoisotopic (exact) mass is 227 g/mol. The highest BCUT2D eigenvalue weighted by Crippen LogP contribution is 2.23. The summed E-state index contributed by atoms with van der Waals surface area (Å²) in [5.41, 5.74) is 5.86. The predicted octanol–water partition coefficient (Wildman–Crippen LogP) is 2.02. The molecule has 1 aliphatic heterocycles. The van der Waals surface area contributed by atoms with Gasteiger partial charge < -0.3 is 10.5 Å². The van der Waals surface area contributed by atoms with Crippen LogP contribution in [0.15, 0.2) is 18.2 Å². The molecule has 4 heteroatoms. The van der Waals surface area contributed by atoms with Crippen LogP contribution in [0.5, 0.6) is 0 Å². The molecule has 1 aromatic rings. The van der Waals surface area contributed by atoms with Crippen molar-refractivity contribution in [2.75, 3.05) is 13.2 Å². The fourth-order valence-corrected chi connectivity index (χ4v) is 2.07. The number of benzene rings is 1. The Labute approximate surface area is 93.4 Å². The SMILES string of the molecule is NC1(Cc2cc(F)ccc2F)CCCOC1. The smallest absolute Gasteiger partial charge is 0.126 e. The van der Waals surface area contributed by atoms with Crippen LogP contribution in [0.3, 0.4) is 0 Å². The molecule has 0 saturated carbocycles. The summed E-state index contributed by atoms with van der Waals surface area (Å²) in [4.78, 5) is 0. The second-order valence-corrected chi connectivity index (χ2v) is 4.43. The zero-order valence-electron chi connectivity index (χ0n) is 9.01. The highest BCUT2D eigenvalue weighted by molar-refractivity contribution is 5.21. The molecule has 0 aliphatic carbocycles. The van der Waals surface area contributed by atoms with E-state index in [1.807, 2.05) is 0 Å². The van der Waals surface area contributed by atoms with Crippen molar-refractivity contribution in [3.8, 4) is 0 Å². The van der Waals surface area contributed by atoms with Crippen LogP contribution in [0.1, 0.15) is 18.4 Å². The molecule has 1 unspecified atom stereocenters. The third kappa shape index (κ3) is 2.57. The Hall–Kier alpha value is -1.00. The number of halogens is 2. The molecule has 0 spiro atoms. The number of hydrogen-bond donors (Lipinski definition) is 1. The van der Waals surface area contributed by atoms with Crippen LogP contribution in [0.4, 0.5) is 8.78 Å². The van der Waals surface area contributed by atoms with Gasteiger partial charge >= 0.3 is 0 Å². The molecule has 16 heavy (non-hydrogen) atoms. The minimum absolute atomic E-state index is 0.316. The van der Waals surface area contributed by atoms with Crippen molar-refractivity contribution >= 4 is 0 Å². The van der Waals surface area contributed by atoms with E-state index in [-0.39, 0.29) is 0 Å². The Morgan fingerprint density at radius 1 is 1.38 bits per heavy atom. The molecule has 88 valence electrons. The van der Waals surface area contributed by atoms with E-state index in [1.54, 1.807) is 0 Å². The molecule has 1 saturated heterocycles. The van der Waals surface area contributed by atoms with Crippen molar-refractivity contribution < 1.29 is 13.5 Å². The maximum Gasteiger partial charge on any atom is 0.126 e. The summed E-state index contributed by atoms with van der Waals surface area (Å²) < 4.78 is 31.7. The third-order valence-corrected chi connectivity index (χ3v) is 2.90. The first-order valence-electron chi connectivity index (χ1n) is 5.40. The van der Waals surface area contributed by atoms with Gasteiger partial charge in [-0.1, -0.05) is 0 Å². The van der Waals surface area contributed by atoms with Crippen molar-refractivity contribution in [1.82, 2.24) is 0 Å². The van der Waals surface area contributed by atoms with Crippen LogP contribution in [-0.4, -0.2) is 18.8 Å². The van der Waals surface area contributed by atoms with Gasteiger partial charge in [0.15, 0.2) is 0 Å². The van der Waals surface area contributed by atoms with Crippen LogP contribution >= 0.6 is 0 Å². The molecule has 0 aromatic heterocycles. The minimum Gasteiger partial charge on any atom is -0.380 e. The van der Waals surface area contributed by atoms with E-state index in [9.17, 15) is 8.78 Å². The average molecular weight is 227 g/mol. The maximum atomic E-state index is 13.4. The van der Waals surface area contributed by atoms with Gasteiger partial charge in [0.05, 0.1) is 6.61 Å². The average Bonchev–Trinajstić information content (AvgIpc) is 2.24. The zero-order chi connectivity index (χ0) is 11.6. The molecule has 0 radical (unpaired) electrons. The fourth-order valence-electron chi connectivity index (χ4n) is 2.07. The lowest BCUT2D eigenvalue weighted by Crippen LogP contribution is -2.49. The van der Waals surface area contributed by atoms with Gasteiger partial charge in [0, 0.05) is 12.1 Å². The molecule has 1 atom stereocenters. The van der Waals surface area contributed by atoms with Crippen molar-refractivity contribution in [3.05, 3.63) is 35.4 Å². The first-order chi connectivity index (χ1) is 7.59. The van der Waals surface area contributed by atoms with Crippen molar-refractivity contribution in [2.45, 2.75) is 24.8 Å². The number of ether oxygens (including phenoxy) is 1. The molecular formula is C12H15F2NO. The summed E-state index contributed by atoms with van der Waals surface area (Å²) in [5.74, 6) is -0.839. The molecule has 2 rings (SSSR count). The summed E-state index contributed by atoms with van der Waals surface area (Å²) in [5, 5.41) is 0. The van der Waals surface area contributed by atoms with E-state index in [4.69, 9.17) is 10.5 Å². The highest BCUT2D eigenvalue weighted by Gasteiger charge is 2.29. The van der Waals surface area contributed by atoms with Gasteiger partial charge in [0.1, 0.15) is 11.6 Å². The summed E-state index contributed by atoms with van der Waals surface area (Å²) in [6.07, 6.45) is 1.97. The van der Waals surface area contributed by atoms with E-state index in [2.05, 4.69) is 0 Å². The quantitative estimate of drug-likeness (QED) is 0.838. The molecular weight excluding hydrogens is 212 g/mol. The molecule has 2 nitrogen and oxygen atoms in total. The topological polar surface area (TPSA) is 35.2 Å². The summed E-state index contributed by atoms with van der Waals surface area (Å²) in [6, 6.07) is 3.45. The van der Waals surface area contributed by atoms with Crippen LogP contribution in [-0.2, 0) is 11.2 Å². The summed E-state index contributed by atoms with van der Waals surface area (Å²) >= 11 is 0. The number of hydrogen-bond acceptors (Lipinski definition) is 2. The highest BCUT2D eigenvalue weighted by atomic mass is 19.1. The first-order valence-corrected chi connectivity index (χ1v) is 5.40. The van der Waals surface area contributed by atoms with Gasteiger partial charge in [-0.3, -0.25) is 0 Å². The Kier molecular flexibility index (Phi) is 3.21. The minimum atomic E-state index is -0.563. The molecule has 1 aliphatic rings. The van der Waals surface area contributed by atoms with E-state index in [0.29, 0.717) is 25.2 Å². The lowest BCUT2D eigenvalue weighted by Gasteiger charge is -2.33. The van der Waals surface area contributed by atoms with Crippen LogP contribution in [0, 0.1) is 11.6 Å². The van der Waals surface area contributed by atoms with E-state index in [1.165, 1.54) is 6.07 Å². The second kappa shape index (κ2) is 4.47. The number of rotatable bonds is 2. The van der Waals surface area contributed by atoms with Crippen LogP contribution < -0.4 is 5.73 Å². The predicted molar refractivity (Wildman–Crippen MR) is 57.0 cm³/mol. The normalized spacial score (nSPS) is 25.7. The molecule has 1 heterocycles. The summed E-state index contributed by atoms with van der Waals surface area (Å²) in [7, 11) is 0.